The molecule has 1 aliphatic rings. The molecular formula is C13H14N2O4. The molecule has 6 nitrogen and oxygen atoms in total. The fourth-order valence-electron chi connectivity index (χ4n) is 1.78. The van der Waals surface area contributed by atoms with Crippen LogP contribution in [-0.2, 0) is 9.59 Å². The molecule has 2 heterocycles. The summed E-state index contributed by atoms with van der Waals surface area (Å²) >= 11 is 0. The van der Waals surface area contributed by atoms with Crippen molar-refractivity contribution >= 4 is 18.0 Å². The molecule has 1 atom stereocenters. The van der Waals surface area contributed by atoms with Gasteiger partial charge in [-0.2, -0.15) is 0 Å². The zero-order valence-corrected chi connectivity index (χ0v) is 10.4. The van der Waals surface area contributed by atoms with Gasteiger partial charge >= 0.3 is 5.97 Å². The van der Waals surface area contributed by atoms with Gasteiger partial charge in [0.1, 0.15) is 5.75 Å². The van der Waals surface area contributed by atoms with Crippen LogP contribution in [0.1, 0.15) is 12.1 Å². The summed E-state index contributed by atoms with van der Waals surface area (Å²) in [4.78, 5) is 27.7. The molecule has 1 N–H and O–H groups in total. The molecule has 1 aromatic heterocycles. The molecule has 1 fully saturated rings. The van der Waals surface area contributed by atoms with Crippen LogP contribution >= 0.6 is 0 Å². The second-order valence-electron chi connectivity index (χ2n) is 4.25. The molecule has 6 heteroatoms. The molecule has 0 aliphatic carbocycles. The van der Waals surface area contributed by atoms with Gasteiger partial charge in [0, 0.05) is 26.1 Å². The molecule has 100 valence electrons. The number of carbonyl (C=O) groups is 2. The van der Waals surface area contributed by atoms with E-state index >= 15 is 0 Å². The van der Waals surface area contributed by atoms with Crippen molar-refractivity contribution in [3.05, 3.63) is 30.1 Å². The first-order valence-electron chi connectivity index (χ1n) is 5.85. The minimum absolute atomic E-state index is 0.0325. The van der Waals surface area contributed by atoms with Gasteiger partial charge in [0.15, 0.2) is 6.10 Å². The van der Waals surface area contributed by atoms with E-state index in [0.717, 1.165) is 6.08 Å². The normalized spacial score (nSPS) is 19.1. The second kappa shape index (κ2) is 5.51. The third kappa shape index (κ3) is 3.31. The first-order chi connectivity index (χ1) is 9.06. The van der Waals surface area contributed by atoms with E-state index in [-0.39, 0.29) is 5.91 Å². The molecule has 1 amide bonds. The lowest BCUT2D eigenvalue weighted by Gasteiger charge is -2.12. The topological polar surface area (TPSA) is 79.7 Å². The molecule has 0 bridgehead atoms. The Balaban J connectivity index is 1.99. The Kier molecular flexibility index (Phi) is 3.79. The van der Waals surface area contributed by atoms with E-state index < -0.39 is 12.1 Å². The van der Waals surface area contributed by atoms with Gasteiger partial charge < -0.3 is 14.7 Å². The number of hydrogen-bond donors (Lipinski definition) is 1. The SMILES string of the molecule is CN1CCC(Oc2ccc(C=CC(=O)O)nc2)C1=O. The number of likely N-dealkylation sites (N-methyl/N-ethyl adjacent to an activating group) is 1. The number of carboxylic acid groups (broad SMARTS) is 1. The van der Waals surface area contributed by atoms with E-state index in [9.17, 15) is 9.59 Å². The highest BCUT2D eigenvalue weighted by Gasteiger charge is 2.30. The third-order valence-corrected chi connectivity index (χ3v) is 2.81. The van der Waals surface area contributed by atoms with Crippen molar-refractivity contribution in [3.63, 3.8) is 0 Å². The molecule has 2 rings (SSSR count). The number of hydrogen-bond acceptors (Lipinski definition) is 4. The lowest BCUT2D eigenvalue weighted by molar-refractivity contribution is -0.132. The average molecular weight is 262 g/mol. The molecular weight excluding hydrogens is 248 g/mol. The van der Waals surface area contributed by atoms with Crippen LogP contribution in [0.15, 0.2) is 24.4 Å². The molecule has 1 unspecified atom stereocenters. The number of aromatic nitrogens is 1. The van der Waals surface area contributed by atoms with Gasteiger partial charge in [-0.15, -0.1) is 0 Å². The van der Waals surface area contributed by atoms with E-state index in [2.05, 4.69) is 4.98 Å². The molecule has 1 saturated heterocycles. The smallest absolute Gasteiger partial charge is 0.328 e. The fraction of sp³-hybridized carbons (Fsp3) is 0.308. The predicted octanol–water partition coefficient (Wildman–Crippen LogP) is 0.789. The Hall–Kier alpha value is -2.37. The summed E-state index contributed by atoms with van der Waals surface area (Å²) in [6.07, 6.45) is 4.09. The van der Waals surface area contributed by atoms with Crippen LogP contribution in [0.4, 0.5) is 0 Å². The second-order valence-corrected chi connectivity index (χ2v) is 4.25. The number of amides is 1. The molecule has 1 aromatic rings. The Labute approximate surface area is 110 Å². The molecule has 19 heavy (non-hydrogen) atoms. The average Bonchev–Trinajstić information content (AvgIpc) is 2.70. The Morgan fingerprint density at radius 1 is 1.58 bits per heavy atom. The van der Waals surface area contributed by atoms with E-state index in [1.54, 1.807) is 24.1 Å². The first kappa shape index (κ1) is 13.1. The van der Waals surface area contributed by atoms with Gasteiger partial charge in [0.25, 0.3) is 5.91 Å². The van der Waals surface area contributed by atoms with Crippen molar-refractivity contribution in [2.45, 2.75) is 12.5 Å². The molecule has 0 radical (unpaired) electrons. The largest absolute Gasteiger partial charge is 0.479 e. The molecule has 1 aliphatic heterocycles. The Morgan fingerprint density at radius 2 is 2.37 bits per heavy atom. The van der Waals surface area contributed by atoms with Crippen LogP contribution in [0.2, 0.25) is 0 Å². The maximum absolute atomic E-state index is 11.7. The first-order valence-corrected chi connectivity index (χ1v) is 5.85. The third-order valence-electron chi connectivity index (χ3n) is 2.81. The van der Waals surface area contributed by atoms with Crippen molar-refractivity contribution in [2.24, 2.45) is 0 Å². The number of likely N-dealkylation sites (tertiary alicyclic amines) is 1. The van der Waals surface area contributed by atoms with Gasteiger partial charge in [0.2, 0.25) is 0 Å². The predicted molar refractivity (Wildman–Crippen MR) is 67.6 cm³/mol. The number of rotatable bonds is 4. The van der Waals surface area contributed by atoms with Crippen LogP contribution in [-0.4, -0.2) is 46.6 Å². The number of ether oxygens (including phenoxy) is 1. The zero-order valence-electron chi connectivity index (χ0n) is 10.4. The van der Waals surface area contributed by atoms with Crippen LogP contribution in [0.5, 0.6) is 5.75 Å². The van der Waals surface area contributed by atoms with Crippen molar-refractivity contribution in [2.75, 3.05) is 13.6 Å². The number of aliphatic carboxylic acids is 1. The Bertz CT molecular complexity index is 510. The van der Waals surface area contributed by atoms with Crippen molar-refractivity contribution in [3.8, 4) is 5.75 Å². The quantitative estimate of drug-likeness (QED) is 0.811. The Morgan fingerprint density at radius 3 is 2.89 bits per heavy atom. The van der Waals surface area contributed by atoms with Gasteiger partial charge in [-0.25, -0.2) is 4.79 Å². The summed E-state index contributed by atoms with van der Waals surface area (Å²) < 4.78 is 5.54. The van der Waals surface area contributed by atoms with Crippen molar-refractivity contribution in [1.82, 2.24) is 9.88 Å². The van der Waals surface area contributed by atoms with Gasteiger partial charge in [-0.05, 0) is 18.2 Å². The number of pyridine rings is 1. The summed E-state index contributed by atoms with van der Waals surface area (Å²) in [6.45, 7) is 0.691. The summed E-state index contributed by atoms with van der Waals surface area (Å²) in [7, 11) is 1.74. The monoisotopic (exact) mass is 262 g/mol. The lowest BCUT2D eigenvalue weighted by Crippen LogP contribution is -2.29. The van der Waals surface area contributed by atoms with Gasteiger partial charge in [-0.1, -0.05) is 0 Å². The lowest BCUT2D eigenvalue weighted by atomic mass is 10.3. The molecule has 0 aromatic carbocycles. The van der Waals surface area contributed by atoms with E-state index in [4.69, 9.17) is 9.84 Å². The summed E-state index contributed by atoms with van der Waals surface area (Å²) in [5.74, 6) is -0.558. The maximum Gasteiger partial charge on any atom is 0.328 e. The van der Waals surface area contributed by atoms with Gasteiger partial charge in [-0.3, -0.25) is 9.78 Å². The highest BCUT2D eigenvalue weighted by Crippen LogP contribution is 2.18. The highest BCUT2D eigenvalue weighted by atomic mass is 16.5. The van der Waals surface area contributed by atoms with Crippen molar-refractivity contribution < 1.29 is 19.4 Å². The standard InChI is InChI=1S/C13H14N2O4/c1-15-7-6-11(13(15)18)19-10-4-2-9(14-8-10)3-5-12(16)17/h2-5,8,11H,6-7H2,1H3,(H,16,17). The van der Waals surface area contributed by atoms with E-state index in [1.807, 2.05) is 0 Å². The summed E-state index contributed by atoms with van der Waals surface area (Å²) in [5.41, 5.74) is 0.518. The fourth-order valence-corrected chi connectivity index (χ4v) is 1.78. The van der Waals surface area contributed by atoms with Crippen LogP contribution in [0.25, 0.3) is 6.08 Å². The maximum atomic E-state index is 11.7. The van der Waals surface area contributed by atoms with Crippen LogP contribution in [0, 0.1) is 0 Å². The minimum Gasteiger partial charge on any atom is -0.479 e. The summed E-state index contributed by atoms with van der Waals surface area (Å²) in [5, 5.41) is 8.49. The van der Waals surface area contributed by atoms with Crippen LogP contribution in [0.3, 0.4) is 0 Å². The van der Waals surface area contributed by atoms with Gasteiger partial charge in [0.05, 0.1) is 11.9 Å². The minimum atomic E-state index is -1.03. The van der Waals surface area contributed by atoms with Crippen molar-refractivity contribution in [1.29, 1.82) is 0 Å². The van der Waals surface area contributed by atoms with E-state index in [0.29, 0.717) is 24.4 Å². The molecule has 0 spiro atoms. The summed E-state index contributed by atoms with van der Waals surface area (Å²) in [6, 6.07) is 3.30. The van der Waals surface area contributed by atoms with E-state index in [1.165, 1.54) is 12.3 Å². The molecule has 0 saturated carbocycles. The highest BCUT2D eigenvalue weighted by molar-refractivity contribution is 5.85. The zero-order chi connectivity index (χ0) is 13.8. The number of carbonyl (C=O) groups excluding carboxylic acids is 1. The van der Waals surface area contributed by atoms with Crippen LogP contribution < -0.4 is 4.74 Å². The number of carboxylic acids is 1. The number of nitrogens with zero attached hydrogens (tertiary/aromatic N) is 2.